The molecule has 1 saturated heterocycles. The summed E-state index contributed by atoms with van der Waals surface area (Å²) in [6, 6.07) is 5.37. The fraction of sp³-hybridized carbons (Fsp3) is 0.632. The van der Waals surface area contributed by atoms with Crippen molar-refractivity contribution in [1.29, 1.82) is 0 Å². The minimum absolute atomic E-state index is 0. The Bertz CT molecular complexity index is 654. The number of hydrogen-bond acceptors (Lipinski definition) is 3. The standard InChI is InChI=1S/C19H28FN3O2.HI/c1-5-24-15-7-6-12(10-14(15)20)11-22-18(21-4)23-16-13-8-9-25-17(13)19(16,2)3;/h6-7,10,13,16-17H,5,8-9,11H2,1-4H3,(H2,21,22,23);1H. The molecular weight excluding hydrogens is 448 g/mol. The third-order valence-electron chi connectivity index (χ3n) is 5.37. The van der Waals surface area contributed by atoms with E-state index in [0.717, 1.165) is 24.6 Å². The quantitative estimate of drug-likeness (QED) is 0.388. The molecule has 26 heavy (non-hydrogen) atoms. The Balaban J connectivity index is 0.00000243. The lowest BCUT2D eigenvalue weighted by molar-refractivity contribution is -0.106. The van der Waals surface area contributed by atoms with Crippen molar-refractivity contribution < 1.29 is 13.9 Å². The molecule has 2 aliphatic rings. The second-order valence-electron chi connectivity index (χ2n) is 7.31. The number of fused-ring (bicyclic) bond motifs is 1. The van der Waals surface area contributed by atoms with Crippen LogP contribution in [0.2, 0.25) is 0 Å². The van der Waals surface area contributed by atoms with E-state index >= 15 is 0 Å². The van der Waals surface area contributed by atoms with Gasteiger partial charge in [-0.05, 0) is 31.0 Å². The lowest BCUT2D eigenvalue weighted by Crippen LogP contribution is -2.67. The van der Waals surface area contributed by atoms with Gasteiger partial charge in [0.15, 0.2) is 17.5 Å². The smallest absolute Gasteiger partial charge is 0.191 e. The van der Waals surface area contributed by atoms with Gasteiger partial charge in [0.05, 0.1) is 12.7 Å². The number of benzene rings is 1. The molecule has 146 valence electrons. The van der Waals surface area contributed by atoms with Gasteiger partial charge >= 0.3 is 0 Å². The van der Waals surface area contributed by atoms with Crippen LogP contribution >= 0.6 is 24.0 Å². The largest absolute Gasteiger partial charge is 0.491 e. The van der Waals surface area contributed by atoms with Crippen molar-refractivity contribution in [3.8, 4) is 5.75 Å². The van der Waals surface area contributed by atoms with E-state index in [1.54, 1.807) is 13.1 Å². The first kappa shape index (κ1) is 21.2. The molecule has 1 aromatic carbocycles. The minimum atomic E-state index is -0.338. The van der Waals surface area contributed by atoms with Crippen molar-refractivity contribution in [2.24, 2.45) is 16.3 Å². The summed E-state index contributed by atoms with van der Waals surface area (Å²) in [7, 11) is 1.75. The lowest BCUT2D eigenvalue weighted by atomic mass is 9.57. The number of ether oxygens (including phenoxy) is 2. The normalized spacial score (nSPS) is 26.3. The van der Waals surface area contributed by atoms with E-state index in [0.29, 0.717) is 31.2 Å². The van der Waals surface area contributed by atoms with Crippen LogP contribution in [0, 0.1) is 17.2 Å². The van der Waals surface area contributed by atoms with Crippen LogP contribution in [0.25, 0.3) is 0 Å². The fourth-order valence-corrected chi connectivity index (χ4v) is 4.07. The maximum atomic E-state index is 14.0. The first-order valence-electron chi connectivity index (χ1n) is 8.97. The molecule has 3 rings (SSSR count). The molecule has 0 amide bonds. The molecule has 1 aliphatic heterocycles. The molecule has 3 atom stereocenters. The number of nitrogens with one attached hydrogen (secondary N) is 2. The summed E-state index contributed by atoms with van der Waals surface area (Å²) in [5.41, 5.74) is 0.933. The van der Waals surface area contributed by atoms with E-state index in [-0.39, 0.29) is 41.0 Å². The minimum Gasteiger partial charge on any atom is -0.491 e. The zero-order valence-electron chi connectivity index (χ0n) is 15.8. The van der Waals surface area contributed by atoms with Gasteiger partial charge in [-0.3, -0.25) is 4.99 Å². The summed E-state index contributed by atoms with van der Waals surface area (Å²) >= 11 is 0. The Morgan fingerprint density at radius 1 is 1.42 bits per heavy atom. The first-order chi connectivity index (χ1) is 12.0. The van der Waals surface area contributed by atoms with E-state index in [4.69, 9.17) is 9.47 Å². The van der Waals surface area contributed by atoms with E-state index in [9.17, 15) is 4.39 Å². The van der Waals surface area contributed by atoms with E-state index in [2.05, 4.69) is 29.5 Å². The highest BCUT2D eigenvalue weighted by Gasteiger charge is 2.59. The molecule has 1 saturated carbocycles. The molecule has 1 aromatic rings. The van der Waals surface area contributed by atoms with Crippen LogP contribution in [0.15, 0.2) is 23.2 Å². The van der Waals surface area contributed by atoms with Crippen LogP contribution < -0.4 is 15.4 Å². The van der Waals surface area contributed by atoms with Crippen LogP contribution in [0.3, 0.4) is 0 Å². The van der Waals surface area contributed by atoms with Gasteiger partial charge in [0.2, 0.25) is 0 Å². The zero-order chi connectivity index (χ0) is 18.0. The van der Waals surface area contributed by atoms with Crippen molar-refractivity contribution in [2.45, 2.75) is 45.9 Å². The number of hydrogen-bond donors (Lipinski definition) is 2. The Kier molecular flexibility index (Phi) is 7.12. The SMILES string of the molecule is CCOc1ccc(CNC(=NC)NC2C3CCOC3C2(C)C)cc1F.I. The average molecular weight is 477 g/mol. The van der Waals surface area contributed by atoms with Crippen LogP contribution in [0.1, 0.15) is 32.8 Å². The van der Waals surface area contributed by atoms with Gasteiger partial charge in [0, 0.05) is 37.6 Å². The molecule has 5 nitrogen and oxygen atoms in total. The highest BCUT2D eigenvalue weighted by Crippen LogP contribution is 2.52. The number of guanidine groups is 1. The lowest BCUT2D eigenvalue weighted by Gasteiger charge is -2.54. The van der Waals surface area contributed by atoms with E-state index < -0.39 is 0 Å². The number of aliphatic imine (C=N–C) groups is 1. The predicted octanol–water partition coefficient (Wildman–Crippen LogP) is 3.32. The maximum Gasteiger partial charge on any atom is 0.191 e. The van der Waals surface area contributed by atoms with E-state index in [1.165, 1.54) is 6.07 Å². The van der Waals surface area contributed by atoms with Crippen molar-refractivity contribution in [3.63, 3.8) is 0 Å². The average Bonchev–Trinajstić information content (AvgIpc) is 3.04. The fourth-order valence-electron chi connectivity index (χ4n) is 4.07. The molecular formula is C19H29FIN3O2. The van der Waals surface area contributed by atoms with Crippen molar-refractivity contribution in [3.05, 3.63) is 29.6 Å². The Hall–Kier alpha value is -1.09. The third kappa shape index (κ3) is 4.08. The molecule has 1 aliphatic carbocycles. The summed E-state index contributed by atoms with van der Waals surface area (Å²) in [6.07, 6.45) is 1.43. The summed E-state index contributed by atoms with van der Waals surface area (Å²) < 4.78 is 25.0. The van der Waals surface area contributed by atoms with Crippen LogP contribution in [-0.2, 0) is 11.3 Å². The van der Waals surface area contributed by atoms with Crippen molar-refractivity contribution in [2.75, 3.05) is 20.3 Å². The Morgan fingerprint density at radius 2 is 2.19 bits per heavy atom. The monoisotopic (exact) mass is 477 g/mol. The molecule has 0 radical (unpaired) electrons. The topological polar surface area (TPSA) is 54.9 Å². The number of halogens is 2. The van der Waals surface area contributed by atoms with Crippen LogP contribution in [0.5, 0.6) is 5.75 Å². The number of rotatable bonds is 5. The van der Waals surface area contributed by atoms with Gasteiger partial charge in [-0.25, -0.2) is 4.39 Å². The highest BCUT2D eigenvalue weighted by molar-refractivity contribution is 14.0. The molecule has 1 heterocycles. The van der Waals surface area contributed by atoms with Gasteiger partial charge in [-0.1, -0.05) is 19.9 Å². The van der Waals surface area contributed by atoms with Crippen molar-refractivity contribution >= 4 is 29.9 Å². The molecule has 2 N–H and O–H groups in total. The number of nitrogens with zero attached hydrogens (tertiary/aromatic N) is 1. The van der Waals surface area contributed by atoms with Crippen molar-refractivity contribution in [1.82, 2.24) is 10.6 Å². The van der Waals surface area contributed by atoms with Crippen LogP contribution in [-0.4, -0.2) is 38.4 Å². The summed E-state index contributed by atoms with van der Waals surface area (Å²) in [4.78, 5) is 4.31. The van der Waals surface area contributed by atoms with Gasteiger partial charge in [0.1, 0.15) is 0 Å². The van der Waals surface area contributed by atoms with Gasteiger partial charge in [0.25, 0.3) is 0 Å². The zero-order valence-corrected chi connectivity index (χ0v) is 18.2. The summed E-state index contributed by atoms with van der Waals surface area (Å²) in [5.74, 6) is 1.22. The molecule has 3 unspecified atom stereocenters. The molecule has 0 spiro atoms. The molecule has 7 heteroatoms. The molecule has 0 bridgehead atoms. The third-order valence-corrected chi connectivity index (χ3v) is 5.37. The Labute approximate surface area is 172 Å². The summed E-state index contributed by atoms with van der Waals surface area (Å²) in [6.45, 7) is 8.09. The maximum absolute atomic E-state index is 14.0. The summed E-state index contributed by atoms with van der Waals surface area (Å²) in [5, 5.41) is 6.79. The molecule has 0 aromatic heterocycles. The molecule has 2 fully saturated rings. The predicted molar refractivity (Wildman–Crippen MR) is 112 cm³/mol. The van der Waals surface area contributed by atoms with Gasteiger partial charge in [-0.2, -0.15) is 0 Å². The second-order valence-corrected chi connectivity index (χ2v) is 7.31. The second kappa shape index (κ2) is 8.73. The van der Waals surface area contributed by atoms with Gasteiger partial charge < -0.3 is 20.1 Å². The van der Waals surface area contributed by atoms with E-state index in [1.807, 2.05) is 13.0 Å². The first-order valence-corrected chi connectivity index (χ1v) is 8.97. The van der Waals surface area contributed by atoms with Crippen LogP contribution in [0.4, 0.5) is 4.39 Å². The van der Waals surface area contributed by atoms with Gasteiger partial charge in [-0.15, -0.1) is 24.0 Å². The highest BCUT2D eigenvalue weighted by atomic mass is 127. The Morgan fingerprint density at radius 3 is 2.85 bits per heavy atom.